The number of carbonyl (C=O) groups excluding carboxylic acids is 1. The summed E-state index contributed by atoms with van der Waals surface area (Å²) >= 11 is 1.33. The number of hydrogen-bond acceptors (Lipinski definition) is 5. The molecule has 2 N–H and O–H groups in total. The van der Waals surface area contributed by atoms with Crippen molar-refractivity contribution in [3.63, 3.8) is 0 Å². The van der Waals surface area contributed by atoms with Crippen LogP contribution in [0.15, 0.2) is 54.1 Å². The number of hydrogen-bond donors (Lipinski definition) is 2. The maximum Gasteiger partial charge on any atom is 0.236 e. The van der Waals surface area contributed by atoms with E-state index in [0.29, 0.717) is 0 Å². The quantitative estimate of drug-likeness (QED) is 0.687. The van der Waals surface area contributed by atoms with Crippen LogP contribution in [-0.2, 0) is 4.79 Å². The van der Waals surface area contributed by atoms with Gasteiger partial charge in [0.05, 0.1) is 11.4 Å². The maximum atomic E-state index is 12.1. The number of anilines is 1. The largest absolute Gasteiger partial charge is 0.504 e. The molecule has 1 amide bonds. The first kappa shape index (κ1) is 17.0. The monoisotopic (exact) mass is 354 g/mol. The number of aryl methyl sites for hydroxylation is 1. The van der Waals surface area contributed by atoms with Crippen molar-refractivity contribution in [3.05, 3.63) is 60.0 Å². The highest BCUT2D eigenvalue weighted by Gasteiger charge is 2.12. The average Bonchev–Trinajstić information content (AvgIpc) is 3.06. The van der Waals surface area contributed by atoms with Gasteiger partial charge in [-0.1, -0.05) is 23.9 Å². The summed E-state index contributed by atoms with van der Waals surface area (Å²) < 4.78 is 1.97. The fraction of sp³-hybridized carbons (Fsp3) is 0.167. The van der Waals surface area contributed by atoms with Crippen LogP contribution in [0.2, 0.25) is 0 Å². The normalized spacial score (nSPS) is 10.6. The van der Waals surface area contributed by atoms with E-state index in [1.165, 1.54) is 35.2 Å². The molecular weight excluding hydrogens is 336 g/mol. The van der Waals surface area contributed by atoms with Crippen LogP contribution in [-0.4, -0.2) is 31.3 Å². The summed E-state index contributed by atoms with van der Waals surface area (Å²) in [6, 6.07) is 9.17. The number of pyridine rings is 1. The van der Waals surface area contributed by atoms with Crippen LogP contribution in [0.1, 0.15) is 11.1 Å². The number of imidazole rings is 1. The van der Waals surface area contributed by atoms with Gasteiger partial charge in [0.15, 0.2) is 16.7 Å². The van der Waals surface area contributed by atoms with Gasteiger partial charge in [-0.3, -0.25) is 9.36 Å². The molecule has 0 unspecified atom stereocenters. The minimum atomic E-state index is -0.255. The minimum absolute atomic E-state index is 0.0577. The third kappa shape index (κ3) is 3.83. The second-order valence-corrected chi connectivity index (χ2v) is 6.45. The van der Waals surface area contributed by atoms with Gasteiger partial charge in [-0.15, -0.1) is 0 Å². The lowest BCUT2D eigenvalue weighted by molar-refractivity contribution is -0.113. The lowest BCUT2D eigenvalue weighted by Gasteiger charge is -2.12. The molecule has 1 aromatic carbocycles. The average molecular weight is 354 g/mol. The van der Waals surface area contributed by atoms with Crippen LogP contribution < -0.4 is 5.32 Å². The van der Waals surface area contributed by atoms with Crippen molar-refractivity contribution in [1.29, 1.82) is 0 Å². The molecule has 0 aliphatic rings. The summed E-state index contributed by atoms with van der Waals surface area (Å²) in [5, 5.41) is 13.0. The van der Waals surface area contributed by atoms with E-state index in [1.54, 1.807) is 12.3 Å². The molecule has 128 valence electrons. The van der Waals surface area contributed by atoms with Crippen molar-refractivity contribution in [2.75, 3.05) is 11.1 Å². The molecule has 0 saturated heterocycles. The molecule has 3 aromatic rings. The van der Waals surface area contributed by atoms with Gasteiger partial charge >= 0.3 is 0 Å². The number of nitrogens with one attached hydrogen (secondary N) is 1. The van der Waals surface area contributed by atoms with E-state index >= 15 is 0 Å². The first-order valence-electron chi connectivity index (χ1n) is 7.73. The Morgan fingerprint density at radius 1 is 1.20 bits per heavy atom. The second-order valence-electron chi connectivity index (χ2n) is 5.51. The van der Waals surface area contributed by atoms with Crippen LogP contribution in [0, 0.1) is 13.8 Å². The third-order valence-electron chi connectivity index (χ3n) is 3.82. The van der Waals surface area contributed by atoms with E-state index in [4.69, 9.17) is 0 Å². The molecule has 0 bridgehead atoms. The van der Waals surface area contributed by atoms with Crippen molar-refractivity contribution >= 4 is 23.5 Å². The highest BCUT2D eigenvalue weighted by molar-refractivity contribution is 7.99. The summed E-state index contributed by atoms with van der Waals surface area (Å²) in [7, 11) is 0. The van der Waals surface area contributed by atoms with E-state index in [0.717, 1.165) is 10.8 Å². The predicted octanol–water partition coefficient (Wildman–Crippen LogP) is 3.32. The Morgan fingerprint density at radius 3 is 2.84 bits per heavy atom. The molecule has 2 heterocycles. The Morgan fingerprint density at radius 2 is 2.04 bits per heavy atom. The maximum absolute atomic E-state index is 12.1. The van der Waals surface area contributed by atoms with Gasteiger partial charge in [0.2, 0.25) is 5.91 Å². The molecule has 2 aromatic heterocycles. The number of rotatable bonds is 5. The van der Waals surface area contributed by atoms with E-state index in [2.05, 4.69) is 35.2 Å². The van der Waals surface area contributed by atoms with Crippen LogP contribution in [0.4, 0.5) is 5.82 Å². The van der Waals surface area contributed by atoms with Crippen LogP contribution in [0.5, 0.6) is 5.75 Å². The summed E-state index contributed by atoms with van der Waals surface area (Å²) in [4.78, 5) is 20.4. The fourth-order valence-electron chi connectivity index (χ4n) is 2.37. The standard InChI is InChI=1S/C18H18N4O2S/c1-12-5-3-6-14(13(12)2)22-10-9-20-18(22)25-11-16(24)21-17-15(23)7-4-8-19-17/h3-10,23H,11H2,1-2H3,(H,19,21,24). The van der Waals surface area contributed by atoms with Gasteiger partial charge in [0.1, 0.15) is 0 Å². The molecule has 0 aliphatic carbocycles. The van der Waals surface area contributed by atoms with Crippen molar-refractivity contribution in [2.24, 2.45) is 0 Å². The smallest absolute Gasteiger partial charge is 0.236 e. The van der Waals surface area contributed by atoms with E-state index in [1.807, 2.05) is 22.9 Å². The highest BCUT2D eigenvalue weighted by Crippen LogP contribution is 2.25. The van der Waals surface area contributed by atoms with Gasteiger partial charge < -0.3 is 10.4 Å². The van der Waals surface area contributed by atoms with Gasteiger partial charge in [0, 0.05) is 18.6 Å². The summed E-state index contributed by atoms with van der Waals surface area (Å²) in [5.74, 6) is 0.0101. The van der Waals surface area contributed by atoms with Crippen molar-refractivity contribution < 1.29 is 9.90 Å². The zero-order chi connectivity index (χ0) is 17.8. The van der Waals surface area contributed by atoms with Crippen LogP contribution >= 0.6 is 11.8 Å². The zero-order valence-electron chi connectivity index (χ0n) is 13.9. The number of amides is 1. The van der Waals surface area contributed by atoms with Gasteiger partial charge in [-0.25, -0.2) is 9.97 Å². The molecule has 0 radical (unpaired) electrons. The molecule has 0 atom stereocenters. The Labute approximate surface area is 149 Å². The van der Waals surface area contributed by atoms with E-state index < -0.39 is 0 Å². The first-order chi connectivity index (χ1) is 12.1. The molecule has 0 fully saturated rings. The minimum Gasteiger partial charge on any atom is -0.504 e. The lowest BCUT2D eigenvalue weighted by atomic mass is 10.1. The fourth-order valence-corrected chi connectivity index (χ4v) is 3.13. The molecule has 0 saturated carbocycles. The number of aromatic hydroxyl groups is 1. The molecular formula is C18H18N4O2S. The summed E-state index contributed by atoms with van der Waals surface area (Å²) in [5.41, 5.74) is 3.42. The first-order valence-corrected chi connectivity index (χ1v) is 8.71. The van der Waals surface area contributed by atoms with E-state index in [-0.39, 0.29) is 23.2 Å². The highest BCUT2D eigenvalue weighted by atomic mass is 32.2. The molecule has 7 heteroatoms. The van der Waals surface area contributed by atoms with Crippen molar-refractivity contribution in [3.8, 4) is 11.4 Å². The molecule has 0 spiro atoms. The number of aromatic nitrogens is 3. The lowest BCUT2D eigenvalue weighted by Crippen LogP contribution is -2.15. The third-order valence-corrected chi connectivity index (χ3v) is 4.79. The molecule has 3 rings (SSSR count). The molecule has 25 heavy (non-hydrogen) atoms. The number of benzene rings is 1. The second kappa shape index (κ2) is 7.40. The molecule has 6 nitrogen and oxygen atoms in total. The SMILES string of the molecule is Cc1cccc(-n2ccnc2SCC(=O)Nc2ncccc2O)c1C. The Bertz CT molecular complexity index is 908. The Hall–Kier alpha value is -2.80. The van der Waals surface area contributed by atoms with Crippen molar-refractivity contribution in [1.82, 2.24) is 14.5 Å². The van der Waals surface area contributed by atoms with Gasteiger partial charge in [-0.05, 0) is 43.2 Å². The summed E-state index contributed by atoms with van der Waals surface area (Å²) in [6.45, 7) is 4.13. The van der Waals surface area contributed by atoms with E-state index in [9.17, 15) is 9.90 Å². The Balaban J connectivity index is 1.71. The Kier molecular flexibility index (Phi) is 5.04. The van der Waals surface area contributed by atoms with Crippen LogP contribution in [0.25, 0.3) is 5.69 Å². The number of carbonyl (C=O) groups is 1. The zero-order valence-corrected chi connectivity index (χ0v) is 14.7. The predicted molar refractivity (Wildman–Crippen MR) is 98.3 cm³/mol. The van der Waals surface area contributed by atoms with Crippen molar-refractivity contribution in [2.45, 2.75) is 19.0 Å². The summed E-state index contributed by atoms with van der Waals surface area (Å²) in [6.07, 6.45) is 5.11. The number of nitrogens with zero attached hydrogens (tertiary/aromatic N) is 3. The number of thioether (sulfide) groups is 1. The van der Waals surface area contributed by atoms with Gasteiger partial charge in [-0.2, -0.15) is 0 Å². The topological polar surface area (TPSA) is 80.0 Å². The van der Waals surface area contributed by atoms with Gasteiger partial charge in [0.25, 0.3) is 0 Å². The van der Waals surface area contributed by atoms with Crippen LogP contribution in [0.3, 0.4) is 0 Å². The molecule has 0 aliphatic heterocycles.